The summed E-state index contributed by atoms with van der Waals surface area (Å²) in [7, 11) is -4.53. The van der Waals surface area contributed by atoms with Gasteiger partial charge < -0.3 is 19.5 Å². The van der Waals surface area contributed by atoms with Crippen molar-refractivity contribution in [1.29, 1.82) is 5.26 Å². The van der Waals surface area contributed by atoms with Crippen LogP contribution in [-0.2, 0) is 15.6 Å². The van der Waals surface area contributed by atoms with E-state index >= 15 is 0 Å². The Morgan fingerprint density at radius 3 is 2.04 bits per heavy atom. The van der Waals surface area contributed by atoms with Crippen molar-refractivity contribution in [1.82, 2.24) is 19.4 Å². The summed E-state index contributed by atoms with van der Waals surface area (Å²) in [6, 6.07) is 56.2. The number of rotatable bonds is 16. The molecule has 1 saturated carbocycles. The Kier molecular flexibility index (Phi) is 15.7. The van der Waals surface area contributed by atoms with Crippen LogP contribution in [0.3, 0.4) is 0 Å². The molecule has 0 spiro atoms. The number of benzene rings is 7. The molecule has 81 heavy (non-hydrogen) atoms. The van der Waals surface area contributed by atoms with E-state index < -0.39 is 27.1 Å². The summed E-state index contributed by atoms with van der Waals surface area (Å²) in [5.41, 5.74) is 7.25. The molecule has 0 atom stereocenters. The third kappa shape index (κ3) is 11.8. The average Bonchev–Trinajstić information content (AvgIpc) is 3.85. The molecule has 2 N–H and O–H groups in total. The van der Waals surface area contributed by atoms with E-state index in [-0.39, 0.29) is 38.9 Å². The van der Waals surface area contributed by atoms with Crippen LogP contribution in [0.1, 0.15) is 104 Å². The number of hydrogen-bond donors (Lipinski definition) is 2. The van der Waals surface area contributed by atoms with Gasteiger partial charge in [0.1, 0.15) is 28.9 Å². The Balaban J connectivity index is 0.917. The number of ether oxygens (including phenoxy) is 2. The van der Waals surface area contributed by atoms with E-state index in [4.69, 9.17) is 26.2 Å². The van der Waals surface area contributed by atoms with Crippen LogP contribution < -0.4 is 19.1 Å². The monoisotopic (exact) mass is 1120 g/mol. The van der Waals surface area contributed by atoms with Crippen molar-refractivity contribution in [3.8, 4) is 23.3 Å². The van der Waals surface area contributed by atoms with Crippen LogP contribution in [-0.4, -0.2) is 79.0 Å². The van der Waals surface area contributed by atoms with Crippen LogP contribution in [0.2, 0.25) is 5.02 Å². The van der Waals surface area contributed by atoms with Crippen molar-refractivity contribution in [2.45, 2.75) is 81.8 Å². The van der Waals surface area contributed by atoms with E-state index in [1.807, 2.05) is 109 Å². The zero-order valence-corrected chi connectivity index (χ0v) is 47.6. The third-order valence-corrected chi connectivity index (χ3v) is 18.3. The Morgan fingerprint density at radius 2 is 1.41 bits per heavy atom. The van der Waals surface area contributed by atoms with Gasteiger partial charge in [-0.1, -0.05) is 140 Å². The number of sulfonamides is 1. The van der Waals surface area contributed by atoms with Gasteiger partial charge in [-0.25, -0.2) is 17.8 Å². The van der Waals surface area contributed by atoms with Crippen LogP contribution in [0.25, 0.3) is 16.5 Å². The number of carbonyl (C=O) groups is 1. The maximum atomic E-state index is 14.6. The fraction of sp³-hybridized carbons (Fsp3) is 0.299. The molecule has 2 heterocycles. The number of hydrogen-bond acceptors (Lipinski definition) is 10. The number of nitrogens with one attached hydrogen (secondary N) is 1. The summed E-state index contributed by atoms with van der Waals surface area (Å²) in [5, 5.41) is 27.2. The maximum Gasteiger partial charge on any atom is 0.268 e. The molecule has 414 valence electrons. The fourth-order valence-electron chi connectivity index (χ4n) is 12.1. The number of aliphatic hydroxyl groups is 1. The van der Waals surface area contributed by atoms with Gasteiger partial charge in [-0.2, -0.15) is 10.4 Å². The second-order valence-corrected chi connectivity index (χ2v) is 25.1. The normalized spacial score (nSPS) is 18.8. The molecule has 1 amide bonds. The van der Waals surface area contributed by atoms with Gasteiger partial charge in [0.2, 0.25) is 0 Å². The lowest BCUT2D eigenvalue weighted by molar-refractivity contribution is 0.00150. The Morgan fingerprint density at radius 1 is 0.765 bits per heavy atom. The summed E-state index contributed by atoms with van der Waals surface area (Å²) in [6.07, 6.45) is 7.80. The second-order valence-electron chi connectivity index (χ2n) is 23.0. The van der Waals surface area contributed by atoms with Crippen LogP contribution in [0, 0.1) is 22.7 Å². The van der Waals surface area contributed by atoms with Gasteiger partial charge in [-0.15, -0.1) is 0 Å². The van der Waals surface area contributed by atoms with Gasteiger partial charge in [0, 0.05) is 49.5 Å². The van der Waals surface area contributed by atoms with Crippen molar-refractivity contribution >= 4 is 49.7 Å². The topological polar surface area (TPSA) is 150 Å². The van der Waals surface area contributed by atoms with Gasteiger partial charge in [0.05, 0.1) is 45.3 Å². The first-order valence-electron chi connectivity index (χ1n) is 28.0. The number of nitriles is 1. The minimum absolute atomic E-state index is 0.00799. The summed E-state index contributed by atoms with van der Waals surface area (Å²) in [6.45, 7) is 10.8. The van der Waals surface area contributed by atoms with E-state index in [1.54, 1.807) is 12.3 Å². The Bertz CT molecular complexity index is 3650. The van der Waals surface area contributed by atoms with Crippen LogP contribution >= 0.6 is 11.6 Å². The predicted octanol–water partition coefficient (Wildman–Crippen LogP) is 13.4. The lowest BCUT2D eigenvalue weighted by Crippen LogP contribution is -2.47. The summed E-state index contributed by atoms with van der Waals surface area (Å²) >= 11 is 6.33. The van der Waals surface area contributed by atoms with Crippen molar-refractivity contribution < 1.29 is 27.8 Å². The highest BCUT2D eigenvalue weighted by atomic mass is 35.5. The number of allylic oxidation sites excluding steroid dienone is 1. The smallest absolute Gasteiger partial charge is 0.268 e. The van der Waals surface area contributed by atoms with E-state index in [2.05, 4.69) is 83.0 Å². The molecule has 2 aliphatic carbocycles. The molecule has 12 nitrogen and oxygen atoms in total. The molecule has 1 saturated heterocycles. The van der Waals surface area contributed by atoms with Crippen LogP contribution in [0.5, 0.6) is 17.2 Å². The SMILES string of the molecule is CC1(C)CCC(CN2CCN(c3ccc(C(=O)NS(=O)(=O)c4ccc(OCC5CCC(C)(O)CC5)c(C#N)c4)c(Oc4cccc5c4cnn5C(c4ccccc4)(c4ccccc4)c4ccccc4)c3)CC2)=C(c2ccc(Cl)cc2)C1. The van der Waals surface area contributed by atoms with Gasteiger partial charge >= 0.3 is 0 Å². The number of anilines is 1. The zero-order valence-electron chi connectivity index (χ0n) is 46.0. The first kappa shape index (κ1) is 55.2. The Hall–Kier alpha value is -7.73. The Labute approximate surface area is 480 Å². The number of fused-ring (bicyclic) bond motifs is 1. The highest BCUT2D eigenvalue weighted by Crippen LogP contribution is 2.46. The lowest BCUT2D eigenvalue weighted by Gasteiger charge is -2.39. The number of nitrogens with zero attached hydrogens (tertiary/aromatic N) is 5. The minimum atomic E-state index is -4.53. The largest absolute Gasteiger partial charge is 0.492 e. The number of aromatic nitrogens is 2. The van der Waals surface area contributed by atoms with E-state index in [1.165, 1.54) is 34.9 Å². The minimum Gasteiger partial charge on any atom is -0.492 e. The molecule has 2 fully saturated rings. The molecule has 1 aromatic heterocycles. The number of piperazine rings is 1. The second kappa shape index (κ2) is 23.0. The van der Waals surface area contributed by atoms with Crippen molar-refractivity contribution in [2.75, 3.05) is 44.2 Å². The van der Waals surface area contributed by atoms with Crippen molar-refractivity contribution in [3.63, 3.8) is 0 Å². The molecule has 3 aliphatic rings. The van der Waals surface area contributed by atoms with Gasteiger partial charge in [0.15, 0.2) is 0 Å². The van der Waals surface area contributed by atoms with Crippen LogP contribution in [0.15, 0.2) is 187 Å². The average molecular weight is 1120 g/mol. The molecule has 1 aliphatic heterocycles. The molecule has 8 aromatic rings. The molecule has 7 aromatic carbocycles. The third-order valence-electron chi connectivity index (χ3n) is 16.7. The van der Waals surface area contributed by atoms with E-state index in [9.17, 15) is 23.6 Å². The number of amides is 1. The van der Waals surface area contributed by atoms with Gasteiger partial charge in [-0.05, 0) is 146 Å². The standard InChI is InChI=1S/C67H67ClN6O6S/c1-65(2)33-32-49(58(42-65)48-22-24-54(68)25-23-48)45-72-36-38-73(39-37-72)55-26-28-57(64(75)71-81(77,78)56-27-29-61(50(40-56)43-69)79-46-47-30-34-66(3,76)35-31-47)63(41-55)80-62-21-13-20-60-59(62)44-70-74(60)67(51-14-7-4-8-15-51,52-16-9-5-10-17-52)53-18-11-6-12-19-53/h4-29,40-41,44,47,76H,30-39,42,45-46H2,1-3H3,(H,71,75). The quantitative estimate of drug-likeness (QED) is 0.0895. The molecular formula is C67H67ClN6O6S. The zero-order chi connectivity index (χ0) is 56.4. The van der Waals surface area contributed by atoms with Crippen molar-refractivity contribution in [2.24, 2.45) is 11.3 Å². The molecule has 11 rings (SSSR count). The van der Waals surface area contributed by atoms with E-state index in [0.717, 1.165) is 84.7 Å². The number of halogens is 1. The lowest BCUT2D eigenvalue weighted by atomic mass is 9.72. The van der Waals surface area contributed by atoms with Gasteiger partial charge in [0.25, 0.3) is 15.9 Å². The first-order valence-corrected chi connectivity index (χ1v) is 29.8. The predicted molar refractivity (Wildman–Crippen MR) is 319 cm³/mol. The highest BCUT2D eigenvalue weighted by molar-refractivity contribution is 7.90. The summed E-state index contributed by atoms with van der Waals surface area (Å²) < 4.78 is 45.7. The van der Waals surface area contributed by atoms with Crippen molar-refractivity contribution in [3.05, 3.63) is 220 Å². The molecule has 14 heteroatoms. The molecular weight excluding hydrogens is 1050 g/mol. The molecule has 0 bridgehead atoms. The van der Waals surface area contributed by atoms with Crippen LogP contribution in [0.4, 0.5) is 5.69 Å². The molecule has 0 radical (unpaired) electrons. The fourth-order valence-corrected chi connectivity index (χ4v) is 13.2. The molecule has 0 unspecified atom stereocenters. The summed E-state index contributed by atoms with van der Waals surface area (Å²) in [4.78, 5) is 19.2. The van der Waals surface area contributed by atoms with Gasteiger partial charge in [-0.3, -0.25) is 9.69 Å². The summed E-state index contributed by atoms with van der Waals surface area (Å²) in [5.74, 6) is 0.0861. The van der Waals surface area contributed by atoms with E-state index in [0.29, 0.717) is 43.7 Å². The highest BCUT2D eigenvalue weighted by Gasteiger charge is 2.41. The number of carbonyl (C=O) groups excluding carboxylic acids is 1. The maximum absolute atomic E-state index is 14.6. The first-order chi connectivity index (χ1) is 39.1.